The van der Waals surface area contributed by atoms with Crippen LogP contribution in [0.5, 0.6) is 0 Å². The second kappa shape index (κ2) is 14.4. The molecule has 3 heteroatoms. The minimum Gasteiger partial charge on any atom is -0.456 e. The van der Waals surface area contributed by atoms with Gasteiger partial charge in [0.15, 0.2) is 0 Å². The van der Waals surface area contributed by atoms with Crippen molar-refractivity contribution in [2.24, 2.45) is 0 Å². The fourth-order valence-corrected chi connectivity index (χ4v) is 13.3. The van der Waals surface area contributed by atoms with Gasteiger partial charge >= 0.3 is 0 Å². The van der Waals surface area contributed by atoms with Crippen LogP contribution in [0.25, 0.3) is 99.5 Å². The third-order valence-electron chi connectivity index (χ3n) is 17.1. The SMILES string of the molecule is CC1(C)c2cc(N(c3ccc(-c4ccccc4)cc3)c3ccc4c(c3)C(C)(C)c3cc(-c5ccccc5)c5oc6ccccc6c5c3-4)ccc2-c2cc3c(cc21)-c1c(ccc2oc4ccccc4c12)C3(C)C. The van der Waals surface area contributed by atoms with E-state index in [1.807, 2.05) is 0 Å². The first kappa shape index (κ1) is 41.4. The van der Waals surface area contributed by atoms with Crippen molar-refractivity contribution in [3.63, 3.8) is 0 Å². The van der Waals surface area contributed by atoms with Crippen LogP contribution in [0.4, 0.5) is 17.1 Å². The molecule has 10 aromatic carbocycles. The monoisotopic (exact) mass is 925 g/mol. The van der Waals surface area contributed by atoms with Crippen LogP contribution in [0.3, 0.4) is 0 Å². The van der Waals surface area contributed by atoms with Gasteiger partial charge in [-0.25, -0.2) is 0 Å². The van der Waals surface area contributed by atoms with Crippen molar-refractivity contribution in [1.82, 2.24) is 0 Å². The lowest BCUT2D eigenvalue weighted by Crippen LogP contribution is -2.18. The Morgan fingerprint density at radius 2 is 0.792 bits per heavy atom. The molecule has 0 fully saturated rings. The van der Waals surface area contributed by atoms with Crippen molar-refractivity contribution in [2.45, 2.75) is 57.8 Å². The lowest BCUT2D eigenvalue weighted by atomic mass is 9.79. The maximum Gasteiger partial charge on any atom is 0.143 e. The summed E-state index contributed by atoms with van der Waals surface area (Å²) in [6.07, 6.45) is 0. The summed E-state index contributed by atoms with van der Waals surface area (Å²) in [5.41, 5.74) is 26.9. The van der Waals surface area contributed by atoms with E-state index in [1.54, 1.807) is 0 Å². The number of para-hydroxylation sites is 2. The predicted octanol–water partition coefficient (Wildman–Crippen LogP) is 19.2. The molecule has 0 N–H and O–H groups in total. The molecule has 0 saturated heterocycles. The number of benzene rings is 10. The summed E-state index contributed by atoms with van der Waals surface area (Å²) in [7, 11) is 0. The molecule has 344 valence electrons. The van der Waals surface area contributed by atoms with Crippen molar-refractivity contribution >= 4 is 60.9 Å². The summed E-state index contributed by atoms with van der Waals surface area (Å²) >= 11 is 0. The van der Waals surface area contributed by atoms with Gasteiger partial charge in [0.2, 0.25) is 0 Å². The number of nitrogens with zero attached hydrogens (tertiary/aromatic N) is 1. The molecule has 3 nitrogen and oxygen atoms in total. The highest BCUT2D eigenvalue weighted by Gasteiger charge is 2.44. The quantitative estimate of drug-likeness (QED) is 0.172. The van der Waals surface area contributed by atoms with Crippen LogP contribution in [-0.4, -0.2) is 0 Å². The van der Waals surface area contributed by atoms with E-state index >= 15 is 0 Å². The van der Waals surface area contributed by atoms with Gasteiger partial charge in [-0.15, -0.1) is 0 Å². The van der Waals surface area contributed by atoms with Crippen LogP contribution in [0.15, 0.2) is 209 Å². The minimum absolute atomic E-state index is 0.178. The zero-order valence-electron chi connectivity index (χ0n) is 41.3. The Kier molecular flexibility index (Phi) is 8.26. The van der Waals surface area contributed by atoms with Gasteiger partial charge < -0.3 is 13.7 Å². The molecule has 15 rings (SSSR count). The maximum absolute atomic E-state index is 6.81. The zero-order valence-corrected chi connectivity index (χ0v) is 41.3. The zero-order chi connectivity index (χ0) is 48.4. The van der Waals surface area contributed by atoms with Gasteiger partial charge in [-0.2, -0.15) is 0 Å². The highest BCUT2D eigenvalue weighted by molar-refractivity contribution is 6.19. The number of fused-ring (bicyclic) bond motifs is 17. The molecule has 0 aliphatic heterocycles. The van der Waals surface area contributed by atoms with Gasteiger partial charge in [-0.05, 0) is 156 Å². The van der Waals surface area contributed by atoms with Gasteiger partial charge in [0, 0.05) is 60.4 Å². The smallest absolute Gasteiger partial charge is 0.143 e. The van der Waals surface area contributed by atoms with Crippen molar-refractivity contribution in [1.29, 1.82) is 0 Å². The Bertz CT molecular complexity index is 4280. The molecular weight excluding hydrogens is 875 g/mol. The van der Waals surface area contributed by atoms with Crippen molar-refractivity contribution < 1.29 is 8.83 Å². The summed E-state index contributed by atoms with van der Waals surface area (Å²) in [6, 6.07) is 73.9. The molecule has 2 heterocycles. The highest BCUT2D eigenvalue weighted by Crippen LogP contribution is 2.60. The van der Waals surface area contributed by atoms with Crippen molar-refractivity contribution in [3.8, 4) is 55.6 Å². The highest BCUT2D eigenvalue weighted by atomic mass is 16.3. The van der Waals surface area contributed by atoms with E-state index in [0.29, 0.717) is 0 Å². The molecule has 3 aliphatic rings. The summed E-state index contributed by atoms with van der Waals surface area (Å²) in [4.78, 5) is 2.48. The molecule has 0 radical (unpaired) electrons. The van der Waals surface area contributed by atoms with Crippen LogP contribution in [0.1, 0.15) is 74.9 Å². The summed E-state index contributed by atoms with van der Waals surface area (Å²) < 4.78 is 13.3. The predicted molar refractivity (Wildman–Crippen MR) is 299 cm³/mol. The van der Waals surface area contributed by atoms with E-state index in [0.717, 1.165) is 55.9 Å². The molecule has 0 unspecified atom stereocenters. The Labute approximate surface area is 419 Å². The minimum atomic E-state index is -0.303. The van der Waals surface area contributed by atoms with Crippen LogP contribution < -0.4 is 4.90 Å². The third-order valence-corrected chi connectivity index (χ3v) is 17.1. The first-order chi connectivity index (χ1) is 35.0. The fraction of sp³-hybridized carbons (Fsp3) is 0.130. The van der Waals surface area contributed by atoms with Gasteiger partial charge in [-0.3, -0.25) is 0 Å². The van der Waals surface area contributed by atoms with Crippen molar-refractivity contribution in [2.75, 3.05) is 4.90 Å². The van der Waals surface area contributed by atoms with Gasteiger partial charge in [0.25, 0.3) is 0 Å². The summed E-state index contributed by atoms with van der Waals surface area (Å²) in [5.74, 6) is 0. The molecule has 0 saturated carbocycles. The maximum atomic E-state index is 6.81. The molecule has 2 aromatic heterocycles. The molecule has 12 aromatic rings. The Balaban J connectivity index is 0.902. The number of furan rings is 2. The normalized spacial score (nSPS) is 15.1. The number of hydrogen-bond donors (Lipinski definition) is 0. The van der Waals surface area contributed by atoms with Gasteiger partial charge in [-0.1, -0.05) is 169 Å². The standard InChI is InChI=1S/C69H51NO2/c1-67(2)53-33-34-61-64(48-21-13-15-23-59(48)71-61)63(53)52-39-56-51(38-57(52)67)46-31-29-44(35-54(46)68(56,3)4)70(43-27-25-41(26-28-43)40-17-9-7-10-18-40)45-30-32-47-55(36-45)69(5,6)58-37-50(42-19-11-8-12-20-42)66-65(62(47)58)49-22-14-16-24-60(49)72-66/h7-39H,1-6H3. The lowest BCUT2D eigenvalue weighted by Gasteiger charge is -2.30. The average Bonchev–Trinajstić information content (AvgIpc) is 4.15. The molecular formula is C69H51NO2. The molecule has 72 heavy (non-hydrogen) atoms. The lowest BCUT2D eigenvalue weighted by molar-refractivity contribution is 0.651. The van der Waals surface area contributed by atoms with Gasteiger partial charge in [0.1, 0.15) is 22.3 Å². The van der Waals surface area contributed by atoms with E-state index in [-0.39, 0.29) is 16.2 Å². The topological polar surface area (TPSA) is 29.5 Å². The molecule has 0 spiro atoms. The van der Waals surface area contributed by atoms with Crippen LogP contribution >= 0.6 is 0 Å². The van der Waals surface area contributed by atoms with E-state index in [1.165, 1.54) is 94.0 Å². The summed E-state index contributed by atoms with van der Waals surface area (Å²) in [6.45, 7) is 14.4. The van der Waals surface area contributed by atoms with Crippen LogP contribution in [-0.2, 0) is 16.2 Å². The second-order valence-corrected chi connectivity index (χ2v) is 22.0. The van der Waals surface area contributed by atoms with E-state index in [9.17, 15) is 0 Å². The Morgan fingerprint density at radius 3 is 1.50 bits per heavy atom. The van der Waals surface area contributed by atoms with Crippen LogP contribution in [0.2, 0.25) is 0 Å². The molecule has 0 atom stereocenters. The van der Waals surface area contributed by atoms with Crippen molar-refractivity contribution in [3.05, 3.63) is 234 Å². The molecule has 3 aliphatic carbocycles. The van der Waals surface area contributed by atoms with Gasteiger partial charge in [0.05, 0.1) is 0 Å². The van der Waals surface area contributed by atoms with Crippen LogP contribution in [0, 0.1) is 0 Å². The molecule has 0 bridgehead atoms. The first-order valence-corrected chi connectivity index (χ1v) is 25.4. The largest absolute Gasteiger partial charge is 0.456 e. The first-order valence-electron chi connectivity index (χ1n) is 25.4. The Hall–Kier alpha value is -8.40. The average molecular weight is 926 g/mol. The second-order valence-electron chi connectivity index (χ2n) is 22.0. The Morgan fingerprint density at radius 1 is 0.306 bits per heavy atom. The van der Waals surface area contributed by atoms with E-state index in [2.05, 4.69) is 247 Å². The number of hydrogen-bond acceptors (Lipinski definition) is 3. The van der Waals surface area contributed by atoms with E-state index in [4.69, 9.17) is 8.83 Å². The molecule has 0 amide bonds. The summed E-state index contributed by atoms with van der Waals surface area (Å²) in [5, 5.41) is 4.74. The number of anilines is 3. The third kappa shape index (κ3) is 5.51. The number of rotatable bonds is 5. The van der Waals surface area contributed by atoms with E-state index < -0.39 is 0 Å². The fourth-order valence-electron chi connectivity index (χ4n) is 13.3.